The van der Waals surface area contributed by atoms with Crippen molar-refractivity contribution in [3.05, 3.63) is 46.3 Å². The SMILES string of the molecule is Nc1c(Cl)cc(Cl)cc1-c1nc(-c2ccc(F)cn2)no1. The Balaban J connectivity index is 2.04. The summed E-state index contributed by atoms with van der Waals surface area (Å²) < 4.78 is 18.0. The van der Waals surface area contributed by atoms with E-state index in [9.17, 15) is 4.39 Å². The second kappa shape index (κ2) is 5.31. The van der Waals surface area contributed by atoms with Crippen molar-refractivity contribution < 1.29 is 8.91 Å². The topological polar surface area (TPSA) is 77.8 Å². The van der Waals surface area contributed by atoms with E-state index in [2.05, 4.69) is 15.1 Å². The van der Waals surface area contributed by atoms with Crippen LogP contribution in [0.1, 0.15) is 0 Å². The number of anilines is 1. The number of benzene rings is 1. The first-order chi connectivity index (χ1) is 10.0. The molecule has 0 atom stereocenters. The van der Waals surface area contributed by atoms with Gasteiger partial charge in [0.2, 0.25) is 5.82 Å². The molecule has 5 nitrogen and oxygen atoms in total. The Labute approximate surface area is 128 Å². The van der Waals surface area contributed by atoms with Crippen LogP contribution < -0.4 is 5.73 Å². The van der Waals surface area contributed by atoms with Gasteiger partial charge in [-0.25, -0.2) is 9.37 Å². The van der Waals surface area contributed by atoms with E-state index in [1.54, 1.807) is 6.07 Å². The Morgan fingerprint density at radius 1 is 1.19 bits per heavy atom. The Bertz CT molecular complexity index is 804. The summed E-state index contributed by atoms with van der Waals surface area (Å²) in [5, 5.41) is 4.46. The van der Waals surface area contributed by atoms with Crippen LogP contribution in [0.15, 0.2) is 35.0 Å². The lowest BCUT2D eigenvalue weighted by atomic mass is 10.2. The standard InChI is InChI=1S/C13H7Cl2FN4O/c14-6-3-8(11(17)9(15)4-6)13-19-12(20-21-13)10-2-1-7(16)5-18-10/h1-5H,17H2. The molecule has 3 aromatic rings. The number of nitrogens with two attached hydrogens (primary N) is 1. The van der Waals surface area contributed by atoms with Gasteiger partial charge in [-0.05, 0) is 24.3 Å². The second-order valence-corrected chi connectivity index (χ2v) is 4.98. The summed E-state index contributed by atoms with van der Waals surface area (Å²) >= 11 is 11.9. The minimum absolute atomic E-state index is 0.151. The first-order valence-corrected chi connectivity index (χ1v) is 6.50. The van der Waals surface area contributed by atoms with E-state index in [0.29, 0.717) is 16.3 Å². The number of nitrogens with zero attached hydrogens (tertiary/aromatic N) is 3. The van der Waals surface area contributed by atoms with Crippen LogP contribution in [0, 0.1) is 5.82 Å². The molecule has 0 bridgehead atoms. The summed E-state index contributed by atoms with van der Waals surface area (Å²) in [5.74, 6) is -0.0909. The molecule has 0 radical (unpaired) electrons. The largest absolute Gasteiger partial charge is 0.397 e. The van der Waals surface area contributed by atoms with Gasteiger partial charge in [-0.2, -0.15) is 4.98 Å². The summed E-state index contributed by atoms with van der Waals surface area (Å²) in [6.07, 6.45) is 1.07. The molecular weight excluding hydrogens is 318 g/mol. The van der Waals surface area contributed by atoms with Crippen LogP contribution in [0.4, 0.5) is 10.1 Å². The van der Waals surface area contributed by atoms with Gasteiger partial charge in [0.1, 0.15) is 11.5 Å². The lowest BCUT2D eigenvalue weighted by Gasteiger charge is -2.03. The van der Waals surface area contributed by atoms with Crippen LogP contribution >= 0.6 is 23.2 Å². The van der Waals surface area contributed by atoms with Crippen LogP contribution in [0.3, 0.4) is 0 Å². The summed E-state index contributed by atoms with van der Waals surface area (Å²) in [7, 11) is 0. The molecule has 3 rings (SSSR count). The fraction of sp³-hybridized carbons (Fsp3) is 0. The van der Waals surface area contributed by atoms with Crippen molar-refractivity contribution in [2.24, 2.45) is 0 Å². The molecule has 2 heterocycles. The zero-order valence-electron chi connectivity index (χ0n) is 10.3. The molecule has 2 N–H and O–H groups in total. The maximum Gasteiger partial charge on any atom is 0.260 e. The van der Waals surface area contributed by atoms with E-state index in [1.807, 2.05) is 0 Å². The number of halogens is 3. The van der Waals surface area contributed by atoms with Crippen molar-refractivity contribution in [1.29, 1.82) is 0 Å². The maximum atomic E-state index is 12.8. The molecule has 0 saturated carbocycles. The molecule has 0 amide bonds. The summed E-state index contributed by atoms with van der Waals surface area (Å²) in [4.78, 5) is 8.03. The van der Waals surface area contributed by atoms with Crippen LogP contribution in [-0.2, 0) is 0 Å². The Kier molecular flexibility index (Phi) is 3.48. The number of hydrogen-bond donors (Lipinski definition) is 1. The van der Waals surface area contributed by atoms with Crippen molar-refractivity contribution >= 4 is 28.9 Å². The van der Waals surface area contributed by atoms with E-state index >= 15 is 0 Å². The lowest BCUT2D eigenvalue weighted by Crippen LogP contribution is -1.92. The number of aromatic nitrogens is 3. The molecule has 0 aliphatic carbocycles. The van der Waals surface area contributed by atoms with Gasteiger partial charge in [0.15, 0.2) is 0 Å². The molecule has 0 spiro atoms. The number of nitrogen functional groups attached to an aromatic ring is 1. The lowest BCUT2D eigenvalue weighted by molar-refractivity contribution is 0.432. The summed E-state index contributed by atoms with van der Waals surface area (Å²) in [6.45, 7) is 0. The highest BCUT2D eigenvalue weighted by atomic mass is 35.5. The predicted molar refractivity (Wildman–Crippen MR) is 77.4 cm³/mol. The van der Waals surface area contributed by atoms with Crippen molar-refractivity contribution in [2.45, 2.75) is 0 Å². The molecule has 1 aromatic carbocycles. The summed E-state index contributed by atoms with van der Waals surface area (Å²) in [5.41, 5.74) is 6.95. The molecule has 0 fully saturated rings. The first kappa shape index (κ1) is 13.8. The Hall–Kier alpha value is -2.18. The zero-order chi connectivity index (χ0) is 15.0. The highest BCUT2D eigenvalue weighted by Crippen LogP contribution is 2.34. The van der Waals surface area contributed by atoms with Crippen LogP contribution in [-0.4, -0.2) is 15.1 Å². The molecule has 0 aliphatic rings. The smallest absolute Gasteiger partial charge is 0.260 e. The molecule has 8 heteroatoms. The van der Waals surface area contributed by atoms with Gasteiger partial charge >= 0.3 is 0 Å². The van der Waals surface area contributed by atoms with Gasteiger partial charge in [-0.1, -0.05) is 28.4 Å². The third-order valence-electron chi connectivity index (χ3n) is 2.71. The molecule has 106 valence electrons. The van der Waals surface area contributed by atoms with Crippen molar-refractivity contribution in [2.75, 3.05) is 5.73 Å². The predicted octanol–water partition coefficient (Wildman–Crippen LogP) is 3.83. The second-order valence-electron chi connectivity index (χ2n) is 4.13. The number of pyridine rings is 1. The fourth-order valence-electron chi connectivity index (χ4n) is 1.71. The van der Waals surface area contributed by atoms with Gasteiger partial charge in [-0.3, -0.25) is 0 Å². The Morgan fingerprint density at radius 2 is 2.00 bits per heavy atom. The van der Waals surface area contributed by atoms with Gasteiger partial charge in [0, 0.05) is 5.02 Å². The minimum atomic E-state index is -0.451. The monoisotopic (exact) mass is 324 g/mol. The number of rotatable bonds is 2. The highest BCUT2D eigenvalue weighted by Gasteiger charge is 2.16. The van der Waals surface area contributed by atoms with E-state index in [4.69, 9.17) is 33.5 Å². The molecular formula is C13H7Cl2FN4O. The highest BCUT2D eigenvalue weighted by molar-refractivity contribution is 6.37. The third kappa shape index (κ3) is 2.68. The van der Waals surface area contributed by atoms with Gasteiger partial charge in [0.25, 0.3) is 5.89 Å². The van der Waals surface area contributed by atoms with E-state index in [1.165, 1.54) is 18.2 Å². The van der Waals surface area contributed by atoms with E-state index < -0.39 is 5.82 Å². The quantitative estimate of drug-likeness (QED) is 0.725. The van der Waals surface area contributed by atoms with Crippen LogP contribution in [0.2, 0.25) is 10.0 Å². The summed E-state index contributed by atoms with van der Waals surface area (Å²) in [6, 6.07) is 5.78. The van der Waals surface area contributed by atoms with Crippen molar-refractivity contribution in [1.82, 2.24) is 15.1 Å². The van der Waals surface area contributed by atoms with E-state index in [0.717, 1.165) is 6.20 Å². The molecule has 2 aromatic heterocycles. The average molecular weight is 325 g/mol. The average Bonchev–Trinajstić information content (AvgIpc) is 2.93. The molecule has 21 heavy (non-hydrogen) atoms. The molecule has 0 unspecified atom stereocenters. The normalized spacial score (nSPS) is 10.8. The van der Waals surface area contributed by atoms with Gasteiger partial charge in [-0.15, -0.1) is 0 Å². The molecule has 0 aliphatic heterocycles. The van der Waals surface area contributed by atoms with Crippen LogP contribution in [0.25, 0.3) is 23.0 Å². The van der Waals surface area contributed by atoms with Crippen LogP contribution in [0.5, 0.6) is 0 Å². The fourth-order valence-corrected chi connectivity index (χ4v) is 2.20. The first-order valence-electron chi connectivity index (χ1n) is 5.75. The van der Waals surface area contributed by atoms with Gasteiger partial charge in [0.05, 0.1) is 22.5 Å². The van der Waals surface area contributed by atoms with Crippen molar-refractivity contribution in [3.63, 3.8) is 0 Å². The minimum Gasteiger partial charge on any atom is -0.397 e. The third-order valence-corrected chi connectivity index (χ3v) is 3.24. The van der Waals surface area contributed by atoms with Gasteiger partial charge < -0.3 is 10.3 Å². The maximum absolute atomic E-state index is 12.8. The molecule has 0 saturated heterocycles. The van der Waals surface area contributed by atoms with Crippen molar-refractivity contribution in [3.8, 4) is 23.0 Å². The number of hydrogen-bond acceptors (Lipinski definition) is 5. The van der Waals surface area contributed by atoms with E-state index in [-0.39, 0.29) is 22.4 Å². The Morgan fingerprint density at radius 3 is 2.71 bits per heavy atom. The zero-order valence-corrected chi connectivity index (χ0v) is 11.9.